The highest BCUT2D eigenvalue weighted by Crippen LogP contribution is 2.26. The summed E-state index contributed by atoms with van der Waals surface area (Å²) in [6.07, 6.45) is 6.53. The first-order valence-electron chi connectivity index (χ1n) is 9.50. The molecule has 0 saturated heterocycles. The van der Waals surface area contributed by atoms with Gasteiger partial charge in [0, 0.05) is 24.2 Å². The number of amides is 1. The SMILES string of the molecule is CCC(C)NS(=O)(=O)c1ccc(C(=O)NC(CN)C2CCCCC2)cc1. The summed E-state index contributed by atoms with van der Waals surface area (Å²) in [6.45, 7) is 4.15. The third kappa shape index (κ3) is 5.53. The van der Waals surface area contributed by atoms with Crippen LogP contribution in [-0.4, -0.2) is 33.0 Å². The van der Waals surface area contributed by atoms with E-state index < -0.39 is 10.0 Å². The first-order valence-corrected chi connectivity index (χ1v) is 11.0. The number of carbonyl (C=O) groups is 1. The fraction of sp³-hybridized carbons (Fsp3) is 0.632. The van der Waals surface area contributed by atoms with E-state index in [0.29, 0.717) is 24.4 Å². The van der Waals surface area contributed by atoms with Crippen LogP contribution in [0.5, 0.6) is 0 Å². The molecular formula is C19H31N3O3S. The number of nitrogens with two attached hydrogens (primary N) is 1. The van der Waals surface area contributed by atoms with Crippen LogP contribution in [0.2, 0.25) is 0 Å². The monoisotopic (exact) mass is 381 g/mol. The lowest BCUT2D eigenvalue weighted by molar-refractivity contribution is 0.0915. The molecule has 0 radical (unpaired) electrons. The smallest absolute Gasteiger partial charge is 0.251 e. The third-order valence-electron chi connectivity index (χ3n) is 5.18. The predicted octanol–water partition coefficient (Wildman–Crippen LogP) is 2.40. The Morgan fingerprint density at radius 2 is 1.81 bits per heavy atom. The summed E-state index contributed by atoms with van der Waals surface area (Å²) in [5.41, 5.74) is 6.31. The van der Waals surface area contributed by atoms with E-state index in [1.54, 1.807) is 12.1 Å². The Labute approximate surface area is 157 Å². The highest BCUT2D eigenvalue weighted by atomic mass is 32.2. The van der Waals surface area contributed by atoms with Gasteiger partial charge < -0.3 is 11.1 Å². The molecule has 1 aromatic carbocycles. The van der Waals surface area contributed by atoms with Gasteiger partial charge in [0.15, 0.2) is 0 Å². The Bertz CT molecular complexity index is 682. The lowest BCUT2D eigenvalue weighted by atomic mass is 9.84. The molecule has 146 valence electrons. The minimum absolute atomic E-state index is 0.0294. The van der Waals surface area contributed by atoms with Crippen LogP contribution in [0.25, 0.3) is 0 Å². The van der Waals surface area contributed by atoms with E-state index in [2.05, 4.69) is 10.0 Å². The molecule has 2 rings (SSSR count). The zero-order valence-corrected chi connectivity index (χ0v) is 16.5. The van der Waals surface area contributed by atoms with Crippen molar-refractivity contribution in [1.29, 1.82) is 0 Å². The summed E-state index contributed by atoms with van der Waals surface area (Å²) >= 11 is 0. The van der Waals surface area contributed by atoms with Gasteiger partial charge in [-0.1, -0.05) is 26.2 Å². The Morgan fingerprint density at radius 3 is 2.35 bits per heavy atom. The van der Waals surface area contributed by atoms with Gasteiger partial charge in [-0.3, -0.25) is 4.79 Å². The van der Waals surface area contributed by atoms with Crippen LogP contribution in [0.15, 0.2) is 29.2 Å². The average Bonchev–Trinajstić information content (AvgIpc) is 2.66. The Kier molecular flexibility index (Phi) is 7.61. The van der Waals surface area contributed by atoms with Gasteiger partial charge in [-0.05, 0) is 56.4 Å². The van der Waals surface area contributed by atoms with Crippen LogP contribution >= 0.6 is 0 Å². The number of hydrogen-bond acceptors (Lipinski definition) is 4. The third-order valence-corrected chi connectivity index (χ3v) is 6.79. The molecule has 6 nitrogen and oxygen atoms in total. The maximum absolute atomic E-state index is 12.5. The summed E-state index contributed by atoms with van der Waals surface area (Å²) in [4.78, 5) is 12.7. The summed E-state index contributed by atoms with van der Waals surface area (Å²) in [5.74, 6) is 0.224. The van der Waals surface area contributed by atoms with Crippen molar-refractivity contribution in [3.05, 3.63) is 29.8 Å². The second kappa shape index (κ2) is 9.48. The molecule has 1 aromatic rings. The number of carbonyl (C=O) groups excluding carboxylic acids is 1. The minimum atomic E-state index is -3.56. The molecule has 0 bridgehead atoms. The van der Waals surface area contributed by atoms with E-state index in [0.717, 1.165) is 12.8 Å². The highest BCUT2D eigenvalue weighted by Gasteiger charge is 2.24. The second-order valence-electron chi connectivity index (χ2n) is 7.17. The van der Waals surface area contributed by atoms with Gasteiger partial charge in [-0.25, -0.2) is 13.1 Å². The van der Waals surface area contributed by atoms with Crippen LogP contribution < -0.4 is 15.8 Å². The van der Waals surface area contributed by atoms with Gasteiger partial charge in [0.1, 0.15) is 0 Å². The molecule has 0 aliphatic heterocycles. The first kappa shape index (κ1) is 20.9. The molecule has 2 atom stereocenters. The lowest BCUT2D eigenvalue weighted by Crippen LogP contribution is -2.45. The average molecular weight is 382 g/mol. The van der Waals surface area contributed by atoms with Crippen LogP contribution in [0, 0.1) is 5.92 Å². The molecule has 26 heavy (non-hydrogen) atoms. The topological polar surface area (TPSA) is 101 Å². The van der Waals surface area contributed by atoms with Crippen molar-refractivity contribution in [3.8, 4) is 0 Å². The van der Waals surface area contributed by atoms with E-state index in [1.807, 2.05) is 13.8 Å². The fourth-order valence-corrected chi connectivity index (χ4v) is 4.69. The van der Waals surface area contributed by atoms with Crippen molar-refractivity contribution < 1.29 is 13.2 Å². The van der Waals surface area contributed by atoms with Crippen LogP contribution in [-0.2, 0) is 10.0 Å². The molecule has 1 aliphatic rings. The van der Waals surface area contributed by atoms with Crippen molar-refractivity contribution in [2.75, 3.05) is 6.54 Å². The molecule has 1 fully saturated rings. The molecule has 0 heterocycles. The van der Waals surface area contributed by atoms with E-state index >= 15 is 0 Å². The molecule has 4 N–H and O–H groups in total. The van der Waals surface area contributed by atoms with Crippen molar-refractivity contribution >= 4 is 15.9 Å². The summed E-state index contributed by atoms with van der Waals surface area (Å²) in [7, 11) is -3.56. The van der Waals surface area contributed by atoms with Crippen molar-refractivity contribution in [3.63, 3.8) is 0 Å². The van der Waals surface area contributed by atoms with Crippen LogP contribution in [0.4, 0.5) is 0 Å². The number of hydrogen-bond donors (Lipinski definition) is 3. The van der Waals surface area contributed by atoms with Gasteiger partial charge in [-0.2, -0.15) is 0 Å². The molecule has 1 aliphatic carbocycles. The Morgan fingerprint density at radius 1 is 1.19 bits per heavy atom. The number of nitrogens with one attached hydrogen (secondary N) is 2. The zero-order valence-electron chi connectivity index (χ0n) is 15.7. The van der Waals surface area contributed by atoms with Gasteiger partial charge in [-0.15, -0.1) is 0 Å². The van der Waals surface area contributed by atoms with Gasteiger partial charge in [0.2, 0.25) is 10.0 Å². The van der Waals surface area contributed by atoms with E-state index in [4.69, 9.17) is 5.73 Å². The molecular weight excluding hydrogens is 350 g/mol. The van der Waals surface area contributed by atoms with Gasteiger partial charge in [0.25, 0.3) is 5.91 Å². The van der Waals surface area contributed by atoms with Gasteiger partial charge >= 0.3 is 0 Å². The Balaban J connectivity index is 2.03. The quantitative estimate of drug-likeness (QED) is 0.643. The molecule has 0 spiro atoms. The summed E-state index contributed by atoms with van der Waals surface area (Å²) in [6, 6.07) is 5.88. The summed E-state index contributed by atoms with van der Waals surface area (Å²) in [5, 5.41) is 3.02. The normalized spacial score (nSPS) is 18.3. The molecule has 1 saturated carbocycles. The standard InChI is InChI=1S/C19H31N3O3S/c1-3-14(2)22-26(24,25)17-11-9-16(10-12-17)19(23)21-18(13-20)15-7-5-4-6-8-15/h9-12,14-15,18,22H,3-8,13,20H2,1-2H3,(H,21,23). The lowest BCUT2D eigenvalue weighted by Gasteiger charge is -2.30. The highest BCUT2D eigenvalue weighted by molar-refractivity contribution is 7.89. The van der Waals surface area contributed by atoms with Crippen molar-refractivity contribution in [1.82, 2.24) is 10.0 Å². The zero-order chi connectivity index (χ0) is 19.2. The number of rotatable bonds is 8. The predicted molar refractivity (Wildman–Crippen MR) is 103 cm³/mol. The maximum Gasteiger partial charge on any atom is 0.251 e. The molecule has 1 amide bonds. The maximum atomic E-state index is 12.5. The van der Waals surface area contributed by atoms with Crippen molar-refractivity contribution in [2.24, 2.45) is 11.7 Å². The van der Waals surface area contributed by atoms with E-state index in [1.165, 1.54) is 31.4 Å². The Hall–Kier alpha value is -1.44. The van der Waals surface area contributed by atoms with Crippen LogP contribution in [0.3, 0.4) is 0 Å². The fourth-order valence-electron chi connectivity index (χ4n) is 3.36. The largest absolute Gasteiger partial charge is 0.348 e. The first-order chi connectivity index (χ1) is 12.4. The molecule has 7 heteroatoms. The van der Waals surface area contributed by atoms with Gasteiger partial charge in [0.05, 0.1) is 4.90 Å². The minimum Gasteiger partial charge on any atom is -0.348 e. The molecule has 2 unspecified atom stereocenters. The summed E-state index contributed by atoms with van der Waals surface area (Å²) < 4.78 is 27.2. The van der Waals surface area contributed by atoms with Crippen molar-refractivity contribution in [2.45, 2.75) is 69.4 Å². The molecule has 0 aromatic heterocycles. The van der Waals surface area contributed by atoms with Crippen LogP contribution in [0.1, 0.15) is 62.7 Å². The number of sulfonamides is 1. The van der Waals surface area contributed by atoms with E-state index in [-0.39, 0.29) is 22.9 Å². The number of benzene rings is 1. The van der Waals surface area contributed by atoms with E-state index in [9.17, 15) is 13.2 Å². The second-order valence-corrected chi connectivity index (χ2v) is 8.88.